The van der Waals surface area contributed by atoms with Crippen molar-refractivity contribution in [2.24, 2.45) is 7.05 Å². The van der Waals surface area contributed by atoms with Crippen LogP contribution in [0, 0.1) is 0 Å². The Morgan fingerprint density at radius 1 is 1.10 bits per heavy atom. The Labute approximate surface area is 186 Å². The summed E-state index contributed by atoms with van der Waals surface area (Å²) >= 11 is 6.49. The molecule has 162 valence electrons. The second-order valence-corrected chi connectivity index (χ2v) is 8.09. The van der Waals surface area contributed by atoms with Crippen molar-refractivity contribution in [3.63, 3.8) is 0 Å². The van der Waals surface area contributed by atoms with Crippen LogP contribution in [-0.2, 0) is 11.8 Å². The second-order valence-electron chi connectivity index (χ2n) is 7.68. The van der Waals surface area contributed by atoms with Crippen LogP contribution in [0.5, 0.6) is 0 Å². The van der Waals surface area contributed by atoms with Gasteiger partial charge in [0.15, 0.2) is 0 Å². The first kappa shape index (κ1) is 21.2. The molecule has 0 spiro atoms. The third-order valence-electron chi connectivity index (χ3n) is 5.39. The van der Waals surface area contributed by atoms with E-state index in [1.807, 2.05) is 49.1 Å². The van der Waals surface area contributed by atoms with Crippen molar-refractivity contribution in [1.29, 1.82) is 0 Å². The van der Waals surface area contributed by atoms with Gasteiger partial charge < -0.3 is 19.1 Å². The molecule has 1 fully saturated rings. The van der Waals surface area contributed by atoms with E-state index in [2.05, 4.69) is 0 Å². The summed E-state index contributed by atoms with van der Waals surface area (Å²) in [4.78, 5) is 33.2. The molecule has 3 aromatic rings. The van der Waals surface area contributed by atoms with Gasteiger partial charge in [-0.3, -0.25) is 4.79 Å². The number of pyridine rings is 1. The van der Waals surface area contributed by atoms with Crippen LogP contribution >= 0.6 is 11.6 Å². The highest BCUT2D eigenvalue weighted by molar-refractivity contribution is 6.35. The summed E-state index contributed by atoms with van der Waals surface area (Å²) in [6.45, 7) is 4.23. The van der Waals surface area contributed by atoms with Crippen LogP contribution < -0.4 is 0 Å². The number of hydrogen-bond donors (Lipinski definition) is 0. The molecule has 2 aromatic heterocycles. The molecule has 2 amide bonds. The zero-order valence-electron chi connectivity index (χ0n) is 17.7. The van der Waals surface area contributed by atoms with Crippen molar-refractivity contribution in [2.45, 2.75) is 13.3 Å². The highest BCUT2D eigenvalue weighted by Crippen LogP contribution is 2.29. The number of aryl methyl sites for hydroxylation is 1. The van der Waals surface area contributed by atoms with E-state index < -0.39 is 0 Å². The average Bonchev–Trinajstić information content (AvgIpc) is 3.23. The minimum absolute atomic E-state index is 0.0773. The molecule has 1 saturated heterocycles. The van der Waals surface area contributed by atoms with E-state index >= 15 is 0 Å². The number of nitrogens with zero attached hydrogens (tertiary/aromatic N) is 4. The van der Waals surface area contributed by atoms with Crippen molar-refractivity contribution in [2.75, 3.05) is 32.8 Å². The number of piperazine rings is 1. The quantitative estimate of drug-likeness (QED) is 0.609. The van der Waals surface area contributed by atoms with Gasteiger partial charge in [0.2, 0.25) is 0 Å². The van der Waals surface area contributed by atoms with Gasteiger partial charge >= 0.3 is 6.09 Å². The fourth-order valence-corrected chi connectivity index (χ4v) is 3.94. The third-order valence-corrected chi connectivity index (χ3v) is 5.70. The summed E-state index contributed by atoms with van der Waals surface area (Å²) in [5.74, 6) is -0.0773. The Morgan fingerprint density at radius 2 is 1.84 bits per heavy atom. The Bertz CT molecular complexity index is 1120. The van der Waals surface area contributed by atoms with Crippen LogP contribution in [-0.4, -0.2) is 64.1 Å². The number of aromatic nitrogens is 2. The van der Waals surface area contributed by atoms with E-state index in [1.165, 1.54) is 0 Å². The average molecular weight is 441 g/mol. The highest BCUT2D eigenvalue weighted by Gasteiger charge is 2.26. The highest BCUT2D eigenvalue weighted by atomic mass is 35.5. The molecule has 0 bridgehead atoms. The molecule has 7 nitrogen and oxygen atoms in total. The van der Waals surface area contributed by atoms with Crippen molar-refractivity contribution < 1.29 is 14.3 Å². The zero-order valence-corrected chi connectivity index (χ0v) is 18.4. The number of amides is 2. The SMILES string of the molecule is CCCOC(=O)N1CCN(C(=O)c2ccc3c(Cl)cc(-c4ccn(C)c4)nc3c2)CC1. The standard InChI is InChI=1S/C23H25ClN4O3/c1-3-12-31-23(30)28-10-8-27(9-11-28)22(29)16-4-5-18-19(24)14-20(25-21(18)13-16)17-6-7-26(2)15-17/h4-7,13-15H,3,8-12H2,1-2H3. The first-order chi connectivity index (χ1) is 15.0. The smallest absolute Gasteiger partial charge is 0.409 e. The van der Waals surface area contributed by atoms with Gasteiger partial charge in [0.05, 0.1) is 22.8 Å². The number of carbonyl (C=O) groups is 2. The molecule has 1 aliphatic rings. The molecule has 3 heterocycles. The van der Waals surface area contributed by atoms with Gasteiger partial charge in [-0.1, -0.05) is 24.6 Å². The number of fused-ring (bicyclic) bond motifs is 1. The van der Waals surface area contributed by atoms with Crippen molar-refractivity contribution >= 4 is 34.5 Å². The maximum Gasteiger partial charge on any atom is 0.409 e. The lowest BCUT2D eigenvalue weighted by Crippen LogP contribution is -2.50. The van der Waals surface area contributed by atoms with Crippen LogP contribution in [0.25, 0.3) is 22.2 Å². The molecular formula is C23H25ClN4O3. The molecule has 0 unspecified atom stereocenters. The van der Waals surface area contributed by atoms with E-state index in [9.17, 15) is 9.59 Å². The van der Waals surface area contributed by atoms with Gasteiger partial charge in [-0.05, 0) is 30.7 Å². The summed E-state index contributed by atoms with van der Waals surface area (Å²) in [6, 6.07) is 9.23. The van der Waals surface area contributed by atoms with Crippen LogP contribution in [0.4, 0.5) is 4.79 Å². The summed E-state index contributed by atoms with van der Waals surface area (Å²) in [6.07, 6.45) is 4.40. The Kier molecular flexibility index (Phi) is 6.13. The van der Waals surface area contributed by atoms with Crippen LogP contribution in [0.2, 0.25) is 5.02 Å². The number of benzene rings is 1. The van der Waals surface area contributed by atoms with Crippen LogP contribution in [0.15, 0.2) is 42.7 Å². The first-order valence-electron chi connectivity index (χ1n) is 10.4. The lowest BCUT2D eigenvalue weighted by atomic mass is 10.1. The molecule has 0 atom stereocenters. The number of carbonyl (C=O) groups excluding carboxylic acids is 2. The minimum atomic E-state index is -0.313. The normalized spacial score (nSPS) is 14.2. The largest absolute Gasteiger partial charge is 0.449 e. The lowest BCUT2D eigenvalue weighted by Gasteiger charge is -2.34. The molecule has 8 heteroatoms. The summed E-state index contributed by atoms with van der Waals surface area (Å²) in [5, 5.41) is 1.41. The zero-order chi connectivity index (χ0) is 22.0. The molecule has 0 radical (unpaired) electrons. The molecule has 1 aromatic carbocycles. The van der Waals surface area contributed by atoms with E-state index in [4.69, 9.17) is 21.3 Å². The number of rotatable bonds is 4. The monoisotopic (exact) mass is 440 g/mol. The topological polar surface area (TPSA) is 67.7 Å². The fourth-order valence-electron chi connectivity index (χ4n) is 3.68. The van der Waals surface area contributed by atoms with Gasteiger partial charge in [0.1, 0.15) is 0 Å². The molecule has 0 N–H and O–H groups in total. The minimum Gasteiger partial charge on any atom is -0.449 e. The van der Waals surface area contributed by atoms with E-state index in [1.54, 1.807) is 21.9 Å². The summed E-state index contributed by atoms with van der Waals surface area (Å²) < 4.78 is 7.13. The third kappa shape index (κ3) is 4.51. The van der Waals surface area contributed by atoms with Gasteiger partial charge in [0, 0.05) is 62.1 Å². The van der Waals surface area contributed by atoms with Crippen molar-refractivity contribution in [3.05, 3.63) is 53.3 Å². The Balaban J connectivity index is 1.52. The van der Waals surface area contributed by atoms with Crippen LogP contribution in [0.3, 0.4) is 0 Å². The van der Waals surface area contributed by atoms with Gasteiger partial charge in [0.25, 0.3) is 5.91 Å². The number of hydrogen-bond acceptors (Lipinski definition) is 4. The maximum absolute atomic E-state index is 13.1. The molecule has 4 rings (SSSR count). The maximum atomic E-state index is 13.1. The lowest BCUT2D eigenvalue weighted by molar-refractivity contribution is 0.0560. The van der Waals surface area contributed by atoms with Crippen molar-refractivity contribution in [3.8, 4) is 11.3 Å². The molecule has 0 saturated carbocycles. The molecule has 0 aliphatic carbocycles. The molecular weight excluding hydrogens is 416 g/mol. The Hall–Kier alpha value is -3.06. The van der Waals surface area contributed by atoms with E-state index in [0.29, 0.717) is 48.9 Å². The first-order valence-corrected chi connectivity index (χ1v) is 10.8. The van der Waals surface area contributed by atoms with Gasteiger partial charge in [-0.15, -0.1) is 0 Å². The van der Waals surface area contributed by atoms with Gasteiger partial charge in [-0.2, -0.15) is 0 Å². The van der Waals surface area contributed by atoms with Gasteiger partial charge in [-0.25, -0.2) is 9.78 Å². The predicted molar refractivity (Wildman–Crippen MR) is 120 cm³/mol. The summed E-state index contributed by atoms with van der Waals surface area (Å²) in [5.41, 5.74) is 2.97. The second kappa shape index (κ2) is 8.98. The van der Waals surface area contributed by atoms with Crippen molar-refractivity contribution in [1.82, 2.24) is 19.4 Å². The predicted octanol–water partition coefficient (Wildman–Crippen LogP) is 4.20. The summed E-state index contributed by atoms with van der Waals surface area (Å²) in [7, 11) is 1.95. The Morgan fingerprint density at radius 3 is 2.52 bits per heavy atom. The number of ether oxygens (including phenoxy) is 1. The van der Waals surface area contributed by atoms with Crippen LogP contribution in [0.1, 0.15) is 23.7 Å². The molecule has 1 aliphatic heterocycles. The van der Waals surface area contributed by atoms with E-state index in [-0.39, 0.29) is 12.0 Å². The van der Waals surface area contributed by atoms with E-state index in [0.717, 1.165) is 23.1 Å². The fraction of sp³-hybridized carbons (Fsp3) is 0.348. The number of halogens is 1. The molecule has 31 heavy (non-hydrogen) atoms.